The van der Waals surface area contributed by atoms with Crippen molar-refractivity contribution in [2.75, 3.05) is 43.2 Å². The molecule has 1 fully saturated rings. The number of nitrogens with zero attached hydrogens (tertiary/aromatic N) is 2. The average Bonchev–Trinajstić information content (AvgIpc) is 2.79. The summed E-state index contributed by atoms with van der Waals surface area (Å²) in [6.45, 7) is 6.27. The monoisotopic (exact) mass is 459 g/mol. The van der Waals surface area contributed by atoms with Crippen LogP contribution in [0.1, 0.15) is 25.0 Å². The van der Waals surface area contributed by atoms with Gasteiger partial charge in [0.15, 0.2) is 0 Å². The number of halogens is 3. The molecule has 5 nitrogen and oxygen atoms in total. The number of hydrogen-bond acceptors (Lipinski definition) is 4. The normalized spacial score (nSPS) is 14.7. The van der Waals surface area contributed by atoms with Crippen LogP contribution in [0.3, 0.4) is 0 Å². The second-order valence-electron chi connectivity index (χ2n) is 8.06. The molecule has 0 atom stereocenters. The Morgan fingerprint density at radius 3 is 2.36 bits per heavy atom. The number of alkyl halides is 3. The third kappa shape index (κ3) is 5.96. The van der Waals surface area contributed by atoms with Crippen molar-refractivity contribution in [2.45, 2.75) is 20.0 Å². The molecule has 8 heteroatoms. The van der Waals surface area contributed by atoms with Crippen molar-refractivity contribution in [3.8, 4) is 0 Å². The number of carbonyl (C=O) groups is 1. The first-order valence-electron chi connectivity index (χ1n) is 10.6. The van der Waals surface area contributed by atoms with Crippen molar-refractivity contribution in [3.63, 3.8) is 0 Å². The zero-order chi connectivity index (χ0) is 24.2. The molecule has 1 aliphatic heterocycles. The summed E-state index contributed by atoms with van der Waals surface area (Å²) in [5.41, 5.74) is 8.48. The molecule has 0 bridgehead atoms. The van der Waals surface area contributed by atoms with Crippen molar-refractivity contribution in [2.24, 2.45) is 5.73 Å². The quantitative estimate of drug-likeness (QED) is 0.496. The topological polar surface area (TPSA) is 58.8 Å². The average molecular weight is 460 g/mol. The number of nitrogens with two attached hydrogens (primary N) is 1. The number of hydrogen-bond donors (Lipinski definition) is 1. The highest BCUT2D eigenvalue weighted by molar-refractivity contribution is 5.99. The molecule has 176 valence electrons. The van der Waals surface area contributed by atoms with E-state index in [4.69, 9.17) is 10.5 Å². The van der Waals surface area contributed by atoms with Crippen molar-refractivity contribution >= 4 is 23.0 Å². The highest BCUT2D eigenvalue weighted by Crippen LogP contribution is 2.34. The molecule has 0 spiro atoms. The van der Waals surface area contributed by atoms with Gasteiger partial charge in [-0.25, -0.2) is 0 Å². The summed E-state index contributed by atoms with van der Waals surface area (Å²) in [5, 5.41) is 0. The maximum absolute atomic E-state index is 13.3. The van der Waals surface area contributed by atoms with Crippen molar-refractivity contribution in [1.29, 1.82) is 0 Å². The fraction of sp³-hybridized carbons (Fsp3) is 0.320. The predicted octanol–water partition coefficient (Wildman–Crippen LogP) is 4.84. The first-order valence-corrected chi connectivity index (χ1v) is 10.6. The van der Waals surface area contributed by atoms with Crippen LogP contribution in [0, 0.1) is 0 Å². The Bertz CT molecular complexity index is 1070. The van der Waals surface area contributed by atoms with Gasteiger partial charge in [0, 0.05) is 48.3 Å². The summed E-state index contributed by atoms with van der Waals surface area (Å²) in [5.74, 6) is -0.603. The van der Waals surface area contributed by atoms with E-state index in [9.17, 15) is 18.0 Å². The summed E-state index contributed by atoms with van der Waals surface area (Å²) in [7, 11) is 1.67. The van der Waals surface area contributed by atoms with Gasteiger partial charge in [-0.2, -0.15) is 13.2 Å². The van der Waals surface area contributed by atoms with Crippen LogP contribution in [-0.4, -0.2) is 39.3 Å². The molecule has 0 aromatic heterocycles. The standard InChI is InChI=1S/C25H28F3N3O2/c1-17(2)22(24(29)32)16-23(30(3)20-8-5-7-19(15-20)25(26,27)28)18-6-4-9-21(14-18)31-10-12-33-13-11-31/h4-9,14-16H,10-13H2,1-3H3,(H2,29,32)/b23-16-. The van der Waals surface area contributed by atoms with Crippen LogP contribution in [0.25, 0.3) is 5.70 Å². The lowest BCUT2D eigenvalue weighted by molar-refractivity contribution is -0.137. The maximum atomic E-state index is 13.3. The fourth-order valence-electron chi connectivity index (χ4n) is 3.69. The molecule has 1 amide bonds. The smallest absolute Gasteiger partial charge is 0.378 e. The SMILES string of the molecule is CC(C)=C(/C=C(/c1cccc(N2CCOCC2)c1)N(C)c1cccc(C(F)(F)F)c1)C(N)=O. The molecule has 3 rings (SSSR count). The van der Waals surface area contributed by atoms with Crippen molar-refractivity contribution < 1.29 is 22.7 Å². The van der Waals surface area contributed by atoms with Crippen LogP contribution < -0.4 is 15.5 Å². The Morgan fingerprint density at radius 1 is 1.09 bits per heavy atom. The fourth-order valence-corrected chi connectivity index (χ4v) is 3.69. The zero-order valence-corrected chi connectivity index (χ0v) is 18.9. The van der Waals surface area contributed by atoms with Gasteiger partial charge in [0.1, 0.15) is 0 Å². The Kier molecular flexibility index (Phi) is 7.48. The van der Waals surface area contributed by atoms with Crippen LogP contribution >= 0.6 is 0 Å². The van der Waals surface area contributed by atoms with Gasteiger partial charge in [0.05, 0.1) is 18.8 Å². The number of benzene rings is 2. The van der Waals surface area contributed by atoms with Gasteiger partial charge in [0.2, 0.25) is 5.91 Å². The van der Waals surface area contributed by atoms with Gasteiger partial charge in [-0.05, 0) is 50.3 Å². The lowest BCUT2D eigenvalue weighted by Gasteiger charge is -2.30. The van der Waals surface area contributed by atoms with Gasteiger partial charge in [0.25, 0.3) is 0 Å². The third-order valence-corrected chi connectivity index (χ3v) is 5.53. The van der Waals surface area contributed by atoms with E-state index in [1.807, 2.05) is 24.3 Å². The largest absolute Gasteiger partial charge is 0.416 e. The summed E-state index contributed by atoms with van der Waals surface area (Å²) in [6.07, 6.45) is -2.83. The van der Waals surface area contributed by atoms with Gasteiger partial charge < -0.3 is 20.3 Å². The van der Waals surface area contributed by atoms with E-state index in [0.717, 1.165) is 36.5 Å². The van der Waals surface area contributed by atoms with Gasteiger partial charge >= 0.3 is 6.18 Å². The molecule has 0 radical (unpaired) electrons. The number of allylic oxidation sites excluding steroid dienone is 1. The van der Waals surface area contributed by atoms with Crippen molar-refractivity contribution in [3.05, 3.63) is 76.9 Å². The van der Waals surface area contributed by atoms with E-state index in [-0.39, 0.29) is 0 Å². The summed E-state index contributed by atoms with van der Waals surface area (Å²) < 4.78 is 45.4. The van der Waals surface area contributed by atoms with Crippen LogP contribution in [-0.2, 0) is 15.7 Å². The Morgan fingerprint density at radius 2 is 1.76 bits per heavy atom. The van der Waals surface area contributed by atoms with E-state index < -0.39 is 17.6 Å². The minimum Gasteiger partial charge on any atom is -0.378 e. The van der Waals surface area contributed by atoms with Crippen LogP contribution in [0.5, 0.6) is 0 Å². The summed E-state index contributed by atoms with van der Waals surface area (Å²) in [6, 6.07) is 12.8. The maximum Gasteiger partial charge on any atom is 0.416 e. The first kappa shape index (κ1) is 24.4. The number of amides is 1. The number of primary amides is 1. The summed E-state index contributed by atoms with van der Waals surface area (Å²) in [4.78, 5) is 15.9. The second kappa shape index (κ2) is 10.1. The van der Waals surface area contributed by atoms with E-state index >= 15 is 0 Å². The molecule has 33 heavy (non-hydrogen) atoms. The number of ether oxygens (including phenoxy) is 1. The van der Waals surface area contributed by atoms with E-state index in [2.05, 4.69) is 4.90 Å². The minimum absolute atomic E-state index is 0.306. The highest BCUT2D eigenvalue weighted by Gasteiger charge is 2.31. The summed E-state index contributed by atoms with van der Waals surface area (Å²) >= 11 is 0. The molecule has 0 unspecified atom stereocenters. The molecular weight excluding hydrogens is 431 g/mol. The van der Waals surface area contributed by atoms with Crippen molar-refractivity contribution in [1.82, 2.24) is 0 Å². The van der Waals surface area contributed by atoms with Gasteiger partial charge in [-0.3, -0.25) is 4.79 Å². The molecule has 0 saturated carbocycles. The van der Waals surface area contributed by atoms with Gasteiger partial charge in [-0.15, -0.1) is 0 Å². The molecule has 1 saturated heterocycles. The Balaban J connectivity index is 2.12. The molecular formula is C25H28F3N3O2. The molecule has 1 heterocycles. The number of rotatable bonds is 6. The van der Waals surface area contributed by atoms with Crippen LogP contribution in [0.15, 0.2) is 65.8 Å². The molecule has 2 aromatic rings. The molecule has 2 aromatic carbocycles. The van der Waals surface area contributed by atoms with Crippen LogP contribution in [0.4, 0.5) is 24.5 Å². The number of morpholine rings is 1. The van der Waals surface area contributed by atoms with E-state index in [1.54, 1.807) is 37.9 Å². The van der Waals surface area contributed by atoms with E-state index in [1.165, 1.54) is 6.07 Å². The lowest BCUT2D eigenvalue weighted by atomic mass is 10.0. The Labute approximate surface area is 191 Å². The highest BCUT2D eigenvalue weighted by atomic mass is 19.4. The van der Waals surface area contributed by atoms with Crippen LogP contribution in [0.2, 0.25) is 0 Å². The van der Waals surface area contributed by atoms with Gasteiger partial charge in [-0.1, -0.05) is 23.8 Å². The minimum atomic E-state index is -4.46. The van der Waals surface area contributed by atoms with E-state index in [0.29, 0.717) is 35.7 Å². The predicted molar refractivity (Wildman–Crippen MR) is 125 cm³/mol. The lowest BCUT2D eigenvalue weighted by Crippen LogP contribution is -2.36. The first-order chi connectivity index (χ1) is 15.6. The molecule has 1 aliphatic rings. The molecule has 0 aliphatic carbocycles. The third-order valence-electron chi connectivity index (χ3n) is 5.53. The zero-order valence-electron chi connectivity index (χ0n) is 18.9. The number of carbonyl (C=O) groups excluding carboxylic acids is 1. The molecule has 2 N–H and O–H groups in total. The Hall–Kier alpha value is -3.26. The number of anilines is 2. The second-order valence-corrected chi connectivity index (χ2v) is 8.06.